The van der Waals surface area contributed by atoms with E-state index in [0.29, 0.717) is 29.5 Å². The van der Waals surface area contributed by atoms with E-state index in [0.717, 1.165) is 29.5 Å². The summed E-state index contributed by atoms with van der Waals surface area (Å²) in [6.07, 6.45) is 6.78. The second kappa shape index (κ2) is 8.45. The highest BCUT2D eigenvalue weighted by Crippen LogP contribution is 2.36. The Balaban J connectivity index is 1.68. The maximum absolute atomic E-state index is 12.5. The number of thioether (sulfide) groups is 1. The molecule has 1 N–H and O–H groups in total. The van der Waals surface area contributed by atoms with Crippen LogP contribution in [-0.4, -0.2) is 28.7 Å². The molecule has 3 heterocycles. The molecule has 1 aliphatic carbocycles. The van der Waals surface area contributed by atoms with Crippen molar-refractivity contribution in [2.75, 3.05) is 0 Å². The molecule has 30 heavy (non-hydrogen) atoms. The van der Waals surface area contributed by atoms with E-state index in [4.69, 9.17) is 9.97 Å². The fraction of sp³-hybridized carbons (Fsp3) is 0.619. The summed E-state index contributed by atoms with van der Waals surface area (Å²) in [6, 6.07) is 0.524. The van der Waals surface area contributed by atoms with Gasteiger partial charge in [0.15, 0.2) is 16.3 Å². The number of hydrogen-bond donors (Lipinski definition) is 1. The third-order valence-electron chi connectivity index (χ3n) is 6.22. The summed E-state index contributed by atoms with van der Waals surface area (Å²) in [5.41, 5.74) is 2.46. The molecule has 1 saturated carbocycles. The zero-order valence-corrected chi connectivity index (χ0v) is 19.0. The van der Waals surface area contributed by atoms with Gasteiger partial charge in [-0.2, -0.15) is 0 Å². The predicted molar refractivity (Wildman–Crippen MR) is 119 cm³/mol. The van der Waals surface area contributed by atoms with Gasteiger partial charge in [0.05, 0.1) is 11.4 Å². The summed E-state index contributed by atoms with van der Waals surface area (Å²) in [4.78, 5) is 36.7. The Morgan fingerprint density at radius 3 is 2.60 bits per heavy atom. The van der Waals surface area contributed by atoms with Crippen molar-refractivity contribution in [3.05, 3.63) is 38.1 Å². The van der Waals surface area contributed by atoms with Gasteiger partial charge >= 0.3 is 5.69 Å². The van der Waals surface area contributed by atoms with Crippen molar-refractivity contribution in [2.45, 2.75) is 82.8 Å². The number of unbranched alkanes of at least 4 members (excludes halogenated alkanes) is 1. The van der Waals surface area contributed by atoms with Crippen molar-refractivity contribution < 1.29 is 0 Å². The third kappa shape index (κ3) is 3.64. The molecular formula is C21H30N6O2S. The van der Waals surface area contributed by atoms with E-state index in [2.05, 4.69) is 30.3 Å². The molecule has 0 bridgehead atoms. The van der Waals surface area contributed by atoms with Gasteiger partial charge in [0.2, 0.25) is 0 Å². The molecule has 0 aliphatic heterocycles. The van der Waals surface area contributed by atoms with E-state index in [-0.39, 0.29) is 11.2 Å². The van der Waals surface area contributed by atoms with Crippen molar-refractivity contribution in [3.63, 3.8) is 0 Å². The molecule has 0 radical (unpaired) electrons. The molecule has 1 aliphatic rings. The van der Waals surface area contributed by atoms with E-state index in [1.807, 2.05) is 11.6 Å². The number of hydrogen-bond acceptors (Lipinski definition) is 5. The molecule has 1 fully saturated rings. The average Bonchev–Trinajstić information content (AvgIpc) is 3.40. The third-order valence-corrected chi connectivity index (χ3v) is 7.16. The zero-order valence-electron chi connectivity index (χ0n) is 18.2. The second-order valence-corrected chi connectivity index (χ2v) is 9.13. The summed E-state index contributed by atoms with van der Waals surface area (Å²) in [6.45, 7) is 6.83. The Kier molecular flexibility index (Phi) is 5.90. The van der Waals surface area contributed by atoms with Crippen LogP contribution >= 0.6 is 11.8 Å². The quantitative estimate of drug-likeness (QED) is 0.580. The minimum Gasteiger partial charge on any atom is -0.325 e. The van der Waals surface area contributed by atoms with Crippen LogP contribution in [0, 0.1) is 13.8 Å². The lowest BCUT2D eigenvalue weighted by atomic mass is 10.2. The number of nitrogens with zero attached hydrogens (tertiary/aromatic N) is 5. The number of imidazole rings is 2. The molecule has 0 amide bonds. The first-order chi connectivity index (χ1) is 14.4. The van der Waals surface area contributed by atoms with Crippen LogP contribution in [0.4, 0.5) is 0 Å². The molecule has 0 spiro atoms. The summed E-state index contributed by atoms with van der Waals surface area (Å²) in [5, 5.41) is 1.02. The van der Waals surface area contributed by atoms with E-state index < -0.39 is 0 Å². The maximum atomic E-state index is 12.5. The van der Waals surface area contributed by atoms with E-state index >= 15 is 0 Å². The van der Waals surface area contributed by atoms with Crippen molar-refractivity contribution in [1.82, 2.24) is 28.7 Å². The Bertz CT molecular complexity index is 1180. The Morgan fingerprint density at radius 2 is 1.90 bits per heavy atom. The zero-order chi connectivity index (χ0) is 21.4. The summed E-state index contributed by atoms with van der Waals surface area (Å²) in [5.74, 6) is 1.36. The number of nitrogens with one attached hydrogen (secondary N) is 1. The predicted octanol–water partition coefficient (Wildman–Crippen LogP) is 3.44. The summed E-state index contributed by atoms with van der Waals surface area (Å²) in [7, 11) is 1.84. The Morgan fingerprint density at radius 1 is 1.17 bits per heavy atom. The lowest BCUT2D eigenvalue weighted by Gasteiger charge is -2.16. The topological polar surface area (TPSA) is 90.5 Å². The molecule has 0 unspecified atom stereocenters. The monoisotopic (exact) mass is 430 g/mol. The highest BCUT2D eigenvalue weighted by molar-refractivity contribution is 7.98. The van der Waals surface area contributed by atoms with Crippen molar-refractivity contribution in [2.24, 2.45) is 7.05 Å². The van der Waals surface area contributed by atoms with Gasteiger partial charge in [-0.15, -0.1) is 0 Å². The highest BCUT2D eigenvalue weighted by Gasteiger charge is 2.24. The molecule has 3 aromatic rings. The van der Waals surface area contributed by atoms with Crippen LogP contribution in [0.15, 0.2) is 14.7 Å². The van der Waals surface area contributed by atoms with Crippen LogP contribution in [0.3, 0.4) is 0 Å². The average molecular weight is 431 g/mol. The molecule has 0 atom stereocenters. The van der Waals surface area contributed by atoms with Gasteiger partial charge in [0.25, 0.3) is 5.56 Å². The molecular weight excluding hydrogens is 400 g/mol. The lowest BCUT2D eigenvalue weighted by Crippen LogP contribution is -2.31. The number of H-pyrrole nitrogens is 1. The first kappa shape index (κ1) is 21.0. The first-order valence-electron chi connectivity index (χ1n) is 10.8. The van der Waals surface area contributed by atoms with E-state index in [1.165, 1.54) is 31.4 Å². The molecule has 162 valence electrons. The van der Waals surface area contributed by atoms with Crippen molar-refractivity contribution in [3.8, 4) is 0 Å². The van der Waals surface area contributed by atoms with Gasteiger partial charge < -0.3 is 9.13 Å². The van der Waals surface area contributed by atoms with Crippen LogP contribution in [-0.2, 0) is 19.3 Å². The number of aromatic amines is 1. The van der Waals surface area contributed by atoms with Crippen LogP contribution in [0.25, 0.3) is 11.2 Å². The Hall–Kier alpha value is -2.29. The number of fused-ring (bicyclic) bond motifs is 1. The lowest BCUT2D eigenvalue weighted by molar-refractivity contribution is 0.471. The van der Waals surface area contributed by atoms with E-state index in [1.54, 1.807) is 16.3 Å². The maximum Gasteiger partial charge on any atom is 0.330 e. The first-order valence-corrected chi connectivity index (χ1v) is 11.8. The highest BCUT2D eigenvalue weighted by atomic mass is 32.2. The van der Waals surface area contributed by atoms with Crippen molar-refractivity contribution in [1.29, 1.82) is 0 Å². The second-order valence-electron chi connectivity index (χ2n) is 8.19. The molecule has 0 saturated heterocycles. The fourth-order valence-corrected chi connectivity index (χ4v) is 5.51. The molecule has 0 aromatic carbocycles. The van der Waals surface area contributed by atoms with Gasteiger partial charge in [-0.05, 0) is 33.1 Å². The van der Waals surface area contributed by atoms with Gasteiger partial charge in [-0.1, -0.05) is 37.9 Å². The fourth-order valence-electron chi connectivity index (χ4n) is 4.36. The van der Waals surface area contributed by atoms with Crippen LogP contribution in [0.2, 0.25) is 0 Å². The van der Waals surface area contributed by atoms with Crippen LogP contribution < -0.4 is 11.2 Å². The molecule has 9 heteroatoms. The number of aryl methyl sites for hydroxylation is 3. The SMILES string of the molecule is CCCCn1c(=O)[nH]c(=O)c2c1nc(CSc1nc(C)c(C)n1C1CCCC1)n2C. The number of aromatic nitrogens is 6. The van der Waals surface area contributed by atoms with E-state index in [9.17, 15) is 9.59 Å². The summed E-state index contributed by atoms with van der Waals surface area (Å²) >= 11 is 1.65. The molecule has 4 rings (SSSR count). The normalized spacial score (nSPS) is 14.9. The largest absolute Gasteiger partial charge is 0.330 e. The van der Waals surface area contributed by atoms with Gasteiger partial charge in [0.1, 0.15) is 5.82 Å². The van der Waals surface area contributed by atoms with Gasteiger partial charge in [0, 0.05) is 25.3 Å². The minimum atomic E-state index is -0.388. The summed E-state index contributed by atoms with van der Waals surface area (Å²) < 4.78 is 5.79. The standard InChI is InChI=1S/C21H30N6O2S/c1-5-6-11-26-18-17(19(28)24-20(26)29)25(4)16(23-18)12-30-21-22-13(2)14(3)27(21)15-9-7-8-10-15/h15H,5-12H2,1-4H3,(H,24,28,29). The minimum absolute atomic E-state index is 0.381. The Labute approximate surface area is 179 Å². The van der Waals surface area contributed by atoms with Gasteiger partial charge in [-0.25, -0.2) is 14.8 Å². The molecule has 8 nitrogen and oxygen atoms in total. The van der Waals surface area contributed by atoms with Crippen molar-refractivity contribution >= 4 is 22.9 Å². The number of rotatable bonds is 7. The van der Waals surface area contributed by atoms with Crippen LogP contribution in [0.5, 0.6) is 0 Å². The molecule has 3 aromatic heterocycles. The van der Waals surface area contributed by atoms with Crippen LogP contribution in [0.1, 0.15) is 68.7 Å². The smallest absolute Gasteiger partial charge is 0.325 e. The van der Waals surface area contributed by atoms with Gasteiger partial charge in [-0.3, -0.25) is 14.3 Å².